The highest BCUT2D eigenvalue weighted by Crippen LogP contribution is 2.28. The molecule has 0 amide bonds. The topological polar surface area (TPSA) is 73.6 Å². The summed E-state index contributed by atoms with van der Waals surface area (Å²) in [5.41, 5.74) is 0.705. The molecule has 19 heavy (non-hydrogen) atoms. The van der Waals surface area contributed by atoms with Gasteiger partial charge in [-0.2, -0.15) is 0 Å². The van der Waals surface area contributed by atoms with Gasteiger partial charge >= 0.3 is 5.97 Å². The highest BCUT2D eigenvalue weighted by atomic mass is 16.5. The maximum Gasteiger partial charge on any atom is 0.356 e. The Labute approximate surface area is 110 Å². The quantitative estimate of drug-likeness (QED) is 0.910. The number of benzene rings is 1. The Morgan fingerprint density at radius 2 is 2.05 bits per heavy atom. The average molecular weight is 262 g/mol. The summed E-state index contributed by atoms with van der Waals surface area (Å²) >= 11 is 0. The average Bonchev–Trinajstić information content (AvgIpc) is 2.80. The molecule has 0 unspecified atom stereocenters. The van der Waals surface area contributed by atoms with E-state index in [4.69, 9.17) is 14.6 Å². The minimum Gasteiger partial charge on any atom is -0.497 e. The summed E-state index contributed by atoms with van der Waals surface area (Å²) in [5.74, 6) is 0.754. The van der Waals surface area contributed by atoms with E-state index in [2.05, 4.69) is 4.98 Å². The summed E-state index contributed by atoms with van der Waals surface area (Å²) in [5, 5.41) is 8.95. The molecule has 1 aromatic carbocycles. The molecule has 100 valence electrons. The molecule has 1 N–H and O–H groups in total. The normalized spacial score (nSPS) is 10.3. The Kier molecular flexibility index (Phi) is 3.41. The van der Waals surface area contributed by atoms with Gasteiger partial charge in [-0.15, -0.1) is 0 Å². The molecule has 0 aliphatic heterocycles. The fourth-order valence-electron chi connectivity index (χ4n) is 1.80. The SMILES string of the molecule is COc1ccc(-n2cc(C(=O)O)nc2C)c(OC)c1. The van der Waals surface area contributed by atoms with Gasteiger partial charge in [0, 0.05) is 12.3 Å². The minimum atomic E-state index is -1.06. The van der Waals surface area contributed by atoms with E-state index in [1.807, 2.05) is 0 Å². The van der Waals surface area contributed by atoms with Crippen molar-refractivity contribution in [3.8, 4) is 17.2 Å². The summed E-state index contributed by atoms with van der Waals surface area (Å²) in [6.07, 6.45) is 1.46. The summed E-state index contributed by atoms with van der Waals surface area (Å²) < 4.78 is 12.1. The van der Waals surface area contributed by atoms with Crippen LogP contribution in [0.1, 0.15) is 16.3 Å². The van der Waals surface area contributed by atoms with Gasteiger partial charge in [0.15, 0.2) is 5.69 Å². The smallest absolute Gasteiger partial charge is 0.356 e. The molecule has 0 fully saturated rings. The molecule has 0 saturated heterocycles. The zero-order valence-corrected chi connectivity index (χ0v) is 10.9. The highest BCUT2D eigenvalue weighted by molar-refractivity contribution is 5.85. The fourth-order valence-corrected chi connectivity index (χ4v) is 1.80. The monoisotopic (exact) mass is 262 g/mol. The predicted molar refractivity (Wildman–Crippen MR) is 68.4 cm³/mol. The molecule has 2 aromatic rings. The standard InChI is InChI=1S/C13H14N2O4/c1-8-14-10(13(16)17)7-15(8)11-5-4-9(18-2)6-12(11)19-3/h4-7H,1-3H3,(H,16,17). The van der Waals surface area contributed by atoms with E-state index in [1.165, 1.54) is 6.20 Å². The lowest BCUT2D eigenvalue weighted by atomic mass is 10.2. The van der Waals surface area contributed by atoms with E-state index >= 15 is 0 Å². The molecular formula is C13H14N2O4. The second-order valence-electron chi connectivity index (χ2n) is 3.89. The van der Waals surface area contributed by atoms with Crippen LogP contribution < -0.4 is 9.47 Å². The number of nitrogens with zero attached hydrogens (tertiary/aromatic N) is 2. The van der Waals surface area contributed by atoms with E-state index in [-0.39, 0.29) is 5.69 Å². The van der Waals surface area contributed by atoms with Gasteiger partial charge in [-0.05, 0) is 19.1 Å². The van der Waals surface area contributed by atoms with Crippen LogP contribution in [0.3, 0.4) is 0 Å². The van der Waals surface area contributed by atoms with Crippen LogP contribution in [0.4, 0.5) is 0 Å². The van der Waals surface area contributed by atoms with Crippen LogP contribution in [-0.2, 0) is 0 Å². The third-order valence-electron chi connectivity index (χ3n) is 2.75. The molecular weight excluding hydrogens is 248 g/mol. The maximum absolute atomic E-state index is 10.9. The molecule has 0 saturated carbocycles. The van der Waals surface area contributed by atoms with Gasteiger partial charge in [0.25, 0.3) is 0 Å². The third kappa shape index (κ3) is 2.37. The van der Waals surface area contributed by atoms with Gasteiger partial charge < -0.3 is 14.6 Å². The first-order valence-corrected chi connectivity index (χ1v) is 5.58. The zero-order chi connectivity index (χ0) is 14.0. The number of carbonyl (C=O) groups is 1. The van der Waals surface area contributed by atoms with Crippen LogP contribution in [0.5, 0.6) is 11.5 Å². The van der Waals surface area contributed by atoms with Gasteiger partial charge in [-0.3, -0.25) is 4.57 Å². The summed E-state index contributed by atoms with van der Waals surface area (Å²) in [6.45, 7) is 1.73. The second-order valence-corrected chi connectivity index (χ2v) is 3.89. The molecule has 1 heterocycles. The number of rotatable bonds is 4. The molecule has 0 spiro atoms. The number of carboxylic acids is 1. The molecule has 0 radical (unpaired) electrons. The number of carboxylic acid groups (broad SMARTS) is 1. The first-order chi connectivity index (χ1) is 9.06. The minimum absolute atomic E-state index is 0.00429. The number of hydrogen-bond acceptors (Lipinski definition) is 4. The van der Waals surface area contributed by atoms with E-state index in [1.54, 1.807) is 43.9 Å². The van der Waals surface area contributed by atoms with Crippen molar-refractivity contribution in [2.24, 2.45) is 0 Å². The fraction of sp³-hybridized carbons (Fsp3) is 0.231. The molecule has 0 aliphatic carbocycles. The molecule has 0 atom stereocenters. The number of aryl methyl sites for hydroxylation is 1. The van der Waals surface area contributed by atoms with E-state index in [9.17, 15) is 4.79 Å². The van der Waals surface area contributed by atoms with Crippen molar-refractivity contribution >= 4 is 5.97 Å². The van der Waals surface area contributed by atoms with Gasteiger partial charge in [0.1, 0.15) is 17.3 Å². The van der Waals surface area contributed by atoms with Crippen molar-refractivity contribution < 1.29 is 19.4 Å². The van der Waals surface area contributed by atoms with Gasteiger partial charge in [0.05, 0.1) is 19.9 Å². The van der Waals surface area contributed by atoms with E-state index < -0.39 is 5.97 Å². The number of aromatic nitrogens is 2. The van der Waals surface area contributed by atoms with Crippen LogP contribution in [0.15, 0.2) is 24.4 Å². The predicted octanol–water partition coefficient (Wildman–Crippen LogP) is 1.90. The van der Waals surface area contributed by atoms with Gasteiger partial charge in [-0.1, -0.05) is 0 Å². The lowest BCUT2D eigenvalue weighted by Gasteiger charge is -2.11. The highest BCUT2D eigenvalue weighted by Gasteiger charge is 2.14. The lowest BCUT2D eigenvalue weighted by molar-refractivity contribution is 0.0691. The Morgan fingerprint density at radius 1 is 1.32 bits per heavy atom. The van der Waals surface area contributed by atoms with Crippen LogP contribution in [0.2, 0.25) is 0 Å². The molecule has 0 bridgehead atoms. The van der Waals surface area contributed by atoms with E-state index in [0.717, 1.165) is 0 Å². The molecule has 1 aromatic heterocycles. The van der Waals surface area contributed by atoms with Crippen LogP contribution in [0, 0.1) is 6.92 Å². The third-order valence-corrected chi connectivity index (χ3v) is 2.75. The van der Waals surface area contributed by atoms with Crippen molar-refractivity contribution in [1.29, 1.82) is 0 Å². The van der Waals surface area contributed by atoms with Crippen molar-refractivity contribution in [1.82, 2.24) is 9.55 Å². The maximum atomic E-state index is 10.9. The van der Waals surface area contributed by atoms with Crippen LogP contribution in [0.25, 0.3) is 5.69 Å². The Balaban J connectivity index is 2.55. The Hall–Kier alpha value is -2.50. The van der Waals surface area contributed by atoms with Crippen molar-refractivity contribution in [3.05, 3.63) is 35.9 Å². The molecule has 6 heteroatoms. The summed E-state index contributed by atoms with van der Waals surface area (Å²) in [6, 6.07) is 5.30. The number of imidazole rings is 1. The number of hydrogen-bond donors (Lipinski definition) is 1. The number of methoxy groups -OCH3 is 2. The molecule has 2 rings (SSSR count). The van der Waals surface area contributed by atoms with Crippen molar-refractivity contribution in [3.63, 3.8) is 0 Å². The number of ether oxygens (including phenoxy) is 2. The first-order valence-electron chi connectivity index (χ1n) is 5.58. The zero-order valence-electron chi connectivity index (χ0n) is 10.9. The largest absolute Gasteiger partial charge is 0.497 e. The Morgan fingerprint density at radius 3 is 2.58 bits per heavy atom. The van der Waals surface area contributed by atoms with Crippen LogP contribution >= 0.6 is 0 Å². The molecule has 0 aliphatic rings. The van der Waals surface area contributed by atoms with Crippen molar-refractivity contribution in [2.45, 2.75) is 6.92 Å². The van der Waals surface area contributed by atoms with Crippen LogP contribution in [-0.4, -0.2) is 34.8 Å². The van der Waals surface area contributed by atoms with E-state index in [0.29, 0.717) is 23.0 Å². The summed E-state index contributed by atoms with van der Waals surface area (Å²) in [7, 11) is 3.11. The van der Waals surface area contributed by atoms with Gasteiger partial charge in [-0.25, -0.2) is 9.78 Å². The second kappa shape index (κ2) is 5.01. The number of aromatic carboxylic acids is 1. The first kappa shape index (κ1) is 12.9. The van der Waals surface area contributed by atoms with Gasteiger partial charge in [0.2, 0.25) is 0 Å². The summed E-state index contributed by atoms with van der Waals surface area (Å²) in [4.78, 5) is 14.9. The molecule has 6 nitrogen and oxygen atoms in total. The lowest BCUT2D eigenvalue weighted by Crippen LogP contribution is -1.99. The van der Waals surface area contributed by atoms with Crippen molar-refractivity contribution in [2.75, 3.05) is 14.2 Å². The Bertz CT molecular complexity index is 619.